The van der Waals surface area contributed by atoms with Crippen LogP contribution in [0.25, 0.3) is 0 Å². The maximum Gasteiger partial charge on any atom is 0.187 e. The fraction of sp³-hybridized carbons (Fsp3) is 0.963. The van der Waals surface area contributed by atoms with Crippen molar-refractivity contribution in [3.8, 4) is 0 Å². The van der Waals surface area contributed by atoms with Gasteiger partial charge < -0.3 is 260 Å². The van der Waals surface area contributed by atoms with Crippen molar-refractivity contribution < 1.29 is 228 Å². The molecule has 9 aliphatic heterocycles. The molecule has 812 valence electrons. The van der Waals surface area contributed by atoms with Crippen LogP contribution >= 0.6 is 71.9 Å². The molecule has 0 saturated carbocycles. The highest BCUT2D eigenvalue weighted by atomic mass is 32.2. The van der Waals surface area contributed by atoms with Gasteiger partial charge in [-0.25, -0.2) is 0 Å². The molecule has 9 rings (SSSR count). The van der Waals surface area contributed by atoms with Gasteiger partial charge >= 0.3 is 0 Å². The minimum Gasteiger partial charge on any atom is -0.394 e. The summed E-state index contributed by atoms with van der Waals surface area (Å²) in [6.45, 7) is -1.86. The van der Waals surface area contributed by atoms with E-state index in [0.717, 1.165) is 35.3 Å². The Morgan fingerprint density at radius 2 is 0.547 bits per heavy atom. The zero-order valence-electron chi connectivity index (χ0n) is 76.8. The van der Waals surface area contributed by atoms with Crippen molar-refractivity contribution in [2.45, 2.75) is 300 Å². The summed E-state index contributed by atoms with van der Waals surface area (Å²) in [6.07, 6.45) is -61.4. The molecule has 0 aromatic heterocycles. The van der Waals surface area contributed by atoms with E-state index < -0.39 is 325 Å². The number of thiocarbonyl (C=S) groups is 3. The molecule has 0 aromatic rings. The van der Waals surface area contributed by atoms with Crippen LogP contribution in [-0.4, -0.2) is 600 Å². The molecule has 0 aliphatic carbocycles. The molecule has 22 unspecified atom stereocenters. The Balaban J connectivity index is 0.897. The summed E-state index contributed by atoms with van der Waals surface area (Å²) in [5, 5.41) is 318. The number of aliphatic hydroxyl groups is 28. The fourth-order valence-electron chi connectivity index (χ4n) is 16.8. The van der Waals surface area contributed by atoms with Crippen LogP contribution in [0.15, 0.2) is 0 Å². The second-order valence-electron chi connectivity index (χ2n) is 35.2. The molecule has 0 spiro atoms. The molecule has 59 heteroatoms. The predicted molar refractivity (Wildman–Crippen MR) is 489 cm³/mol. The molecule has 45 atom stereocenters. The van der Waals surface area contributed by atoms with Crippen molar-refractivity contribution in [1.29, 1.82) is 0 Å². The average molecular weight is 2130 g/mol. The van der Waals surface area contributed by atoms with Gasteiger partial charge in [0.1, 0.15) is 205 Å². The number of ether oxygens (including phenoxy) is 18. The van der Waals surface area contributed by atoms with E-state index in [2.05, 4.69) is 31.9 Å². The van der Waals surface area contributed by atoms with Gasteiger partial charge in [-0.15, -0.1) is 35.3 Å². The number of methoxy groups -OCH3 is 2. The SMILES string of the molecule is CO[C@H]1OC(CO)C(O[C@H]2OC(CNC(=S)NCCN(CCNC(=S)NCC3O[C@H](OC4C(CO)O[C@H](OC)C(O)[C@H]4O)C(O)[C@@H](O)C3C)CCNC(=S)NC(COCCCS[C@@H]3OC(CO)[C@@H](O)[C@H](O)C3O)(COCCCS[C@@H]3OC(CO)[C@@H](O[C@@H]4OC(CO)[C@H](O)[C@H](O)C4O)[C@H](O)C3O)COCCCS[C@@H]3OC(CO)[C@@H](O[C@@H]4OC(CO)[C@H](O)[C@H](O)C4O)[C@H](O)C3O)C(C)[C@H](O)C2O)[C@H](O)C1O. The molecule has 9 heterocycles. The number of aliphatic hydroxyl groups excluding tert-OH is 28. The zero-order valence-corrected chi connectivity index (χ0v) is 81.7. The van der Waals surface area contributed by atoms with Crippen molar-refractivity contribution in [2.24, 2.45) is 11.8 Å². The van der Waals surface area contributed by atoms with Crippen molar-refractivity contribution in [2.75, 3.05) is 170 Å². The Bertz CT molecular complexity index is 3340. The van der Waals surface area contributed by atoms with E-state index >= 15 is 0 Å². The normalized spacial score (nSPS) is 42.2. The van der Waals surface area contributed by atoms with Gasteiger partial charge in [-0.1, -0.05) is 13.8 Å². The van der Waals surface area contributed by atoms with E-state index in [-0.39, 0.29) is 144 Å². The number of rotatable bonds is 52. The number of thioether (sulfide) groups is 3. The molecular formula is C80H145N7O46S6. The summed E-state index contributed by atoms with van der Waals surface area (Å²) in [5.74, 6) is -0.918. The van der Waals surface area contributed by atoms with Gasteiger partial charge in [0.25, 0.3) is 0 Å². The largest absolute Gasteiger partial charge is 0.394 e. The van der Waals surface area contributed by atoms with Gasteiger partial charge in [0.15, 0.2) is 53.1 Å². The average Bonchev–Trinajstić information content (AvgIpc) is 0.771. The van der Waals surface area contributed by atoms with Crippen LogP contribution in [0, 0.1) is 11.8 Å². The smallest absolute Gasteiger partial charge is 0.187 e. The van der Waals surface area contributed by atoms with Gasteiger partial charge in [0.2, 0.25) is 0 Å². The molecule has 53 nitrogen and oxygen atoms in total. The second kappa shape index (κ2) is 59.2. The maximum absolute atomic E-state index is 11.4. The Labute approximate surface area is 829 Å². The van der Waals surface area contributed by atoms with Gasteiger partial charge in [-0.2, -0.15) is 0 Å². The molecular weight excluding hydrogens is 1990 g/mol. The third-order valence-corrected chi connectivity index (χ3v) is 29.9. The third-order valence-electron chi connectivity index (χ3n) is 25.3. The van der Waals surface area contributed by atoms with Crippen molar-refractivity contribution >= 4 is 87.3 Å². The van der Waals surface area contributed by atoms with Gasteiger partial charge in [-0.05, 0) is 73.2 Å². The lowest BCUT2D eigenvalue weighted by Crippen LogP contribution is -2.64. The summed E-state index contributed by atoms with van der Waals surface area (Å²) in [5.41, 5.74) is -4.92. The first kappa shape index (κ1) is 121. The van der Waals surface area contributed by atoms with Gasteiger partial charge in [0, 0.05) is 98.2 Å². The quantitative estimate of drug-likeness (QED) is 0.0199. The highest BCUT2D eigenvalue weighted by molar-refractivity contribution is 8.00. The molecule has 9 fully saturated rings. The Kier molecular flexibility index (Phi) is 51.4. The van der Waals surface area contributed by atoms with Crippen LogP contribution in [-0.2, 0) is 85.3 Å². The number of hydrogen-bond acceptors (Lipinski definition) is 53. The van der Waals surface area contributed by atoms with E-state index in [1.807, 2.05) is 4.90 Å². The van der Waals surface area contributed by atoms with Gasteiger partial charge in [0.05, 0.1) is 90.5 Å². The number of hydrogen-bond donors (Lipinski definition) is 34. The summed E-state index contributed by atoms with van der Waals surface area (Å²) in [7, 11) is 2.44. The molecule has 0 amide bonds. The predicted octanol–water partition coefficient (Wildman–Crippen LogP) is -17.0. The van der Waals surface area contributed by atoms with Crippen LogP contribution < -0.4 is 31.9 Å². The Morgan fingerprint density at radius 3 is 0.863 bits per heavy atom. The highest BCUT2D eigenvalue weighted by Gasteiger charge is 2.57. The minimum absolute atomic E-state index is 0.00931. The molecule has 34 N–H and O–H groups in total. The van der Waals surface area contributed by atoms with Crippen LogP contribution in [0.5, 0.6) is 0 Å². The first-order valence-electron chi connectivity index (χ1n) is 45.8. The van der Waals surface area contributed by atoms with Crippen LogP contribution in [0.2, 0.25) is 0 Å². The number of nitrogens with one attached hydrogen (secondary N) is 6. The maximum atomic E-state index is 11.4. The topological polar surface area (TPSA) is 808 Å². The van der Waals surface area contributed by atoms with Crippen molar-refractivity contribution in [3.05, 3.63) is 0 Å². The lowest BCUT2D eigenvalue weighted by molar-refractivity contribution is -0.351. The van der Waals surface area contributed by atoms with Crippen molar-refractivity contribution in [3.63, 3.8) is 0 Å². The highest BCUT2D eigenvalue weighted by Crippen LogP contribution is 2.39. The van der Waals surface area contributed by atoms with E-state index in [0.29, 0.717) is 0 Å². The van der Waals surface area contributed by atoms with E-state index in [9.17, 15) is 143 Å². The van der Waals surface area contributed by atoms with Crippen LogP contribution in [0.1, 0.15) is 33.1 Å². The third kappa shape index (κ3) is 32.4. The first-order chi connectivity index (χ1) is 66.3. The second-order valence-corrected chi connectivity index (χ2v) is 40.0. The Morgan fingerprint density at radius 1 is 0.295 bits per heavy atom. The molecule has 139 heavy (non-hydrogen) atoms. The summed E-state index contributed by atoms with van der Waals surface area (Å²) < 4.78 is 105. The van der Waals surface area contributed by atoms with E-state index in [1.54, 1.807) is 13.8 Å². The first-order valence-corrected chi connectivity index (χ1v) is 50.2. The molecule has 0 bridgehead atoms. The molecule has 0 radical (unpaired) electrons. The van der Waals surface area contributed by atoms with Gasteiger partial charge in [-0.3, -0.25) is 4.90 Å². The number of nitrogens with zero attached hydrogens (tertiary/aromatic N) is 1. The molecule has 9 aliphatic rings. The molecule has 0 aromatic carbocycles. The summed E-state index contributed by atoms with van der Waals surface area (Å²) >= 11 is 20.7. The lowest BCUT2D eigenvalue weighted by Gasteiger charge is -2.46. The van der Waals surface area contributed by atoms with Crippen LogP contribution in [0.4, 0.5) is 0 Å². The standard InChI is InChI=1S/C80H145N7O46S6/c1-32-34(121-70(55(107)43(32)95)130-64-39(25-91)125-68(116-3)59(111)51(64)103)20-84-77(134)81-8-11-87(12-9-82-78(135)85-21-35-33(2)44(96)56(108)71(122-35)131-65-40(26-92)126-69(117-4)60(112)52(65)104)13-10-83-79(136)86-80(29-118-14-5-17-137-74-61(113)50(102)47(99)38(24-90)127-74,30-119-15-6-18-138-75-62(114)53(105)66(41(27-93)128-75)132-72-57(109)48(100)45(97)36(22-88)123-72)31-120-16-7-19-139-76-63(115)54(106)67(42(28-94)129-76)133-73-58(110)49(101)46(98)37(23-89)124-73/h32-76,88-115H,5-31H2,1-4H3,(H2,81,84,134)(H2,82,85,135)(H2,83,86,136)/t32?,33?,34?,35?,36?,37?,38?,39?,40?,41?,42?,43-,44-,45-,46-,47+,48-,49-,50-,51+,52+,53+,54+,55?,56?,57?,58?,59?,60?,61?,62?,63?,64?,65?,66+,67+,68-,69-,70+,71+,72-,73-,74-,75-,76-,80?/m0/s1. The van der Waals surface area contributed by atoms with E-state index in [4.69, 9.17) is 122 Å². The minimum atomic E-state index is -1.90. The summed E-state index contributed by atoms with van der Waals surface area (Å²) in [4.78, 5) is 1.97. The van der Waals surface area contributed by atoms with E-state index in [1.165, 1.54) is 14.2 Å². The lowest BCUT2D eigenvalue weighted by atomic mass is 9.90. The zero-order chi connectivity index (χ0) is 102. The van der Waals surface area contributed by atoms with Crippen LogP contribution in [0.3, 0.4) is 0 Å². The summed E-state index contributed by atoms with van der Waals surface area (Å²) in [6, 6.07) is 0. The van der Waals surface area contributed by atoms with Crippen molar-refractivity contribution in [1.82, 2.24) is 36.8 Å². The monoisotopic (exact) mass is 2130 g/mol. The Hall–Kier alpha value is -1.76. The molecule has 9 saturated heterocycles. The fourth-order valence-corrected chi connectivity index (χ4v) is 20.8.